The minimum atomic E-state index is -0.527. The molecule has 2 aromatic rings. The van der Waals surface area contributed by atoms with Crippen molar-refractivity contribution >= 4 is 11.6 Å². The summed E-state index contributed by atoms with van der Waals surface area (Å²) >= 11 is 0. The van der Waals surface area contributed by atoms with Gasteiger partial charge in [-0.1, -0.05) is 18.2 Å². The van der Waals surface area contributed by atoms with Crippen LogP contribution in [-0.2, 0) is 6.42 Å². The number of fused-ring (bicyclic) bond motifs is 1. The van der Waals surface area contributed by atoms with Crippen LogP contribution in [0.25, 0.3) is 0 Å². The number of carbonyl (C=O) groups is 2. The zero-order chi connectivity index (χ0) is 16.6. The minimum absolute atomic E-state index is 0.130. The molecule has 0 bridgehead atoms. The molecule has 0 aromatic heterocycles. The Morgan fingerprint density at radius 2 is 1.74 bits per heavy atom. The first-order valence-electron chi connectivity index (χ1n) is 7.23. The topological polar surface area (TPSA) is 43.4 Å². The summed E-state index contributed by atoms with van der Waals surface area (Å²) in [5.41, 5.74) is 1.99. The fraction of sp³-hybridized carbons (Fsp3) is 0.158. The third-order valence-electron chi connectivity index (χ3n) is 4.10. The van der Waals surface area contributed by atoms with E-state index in [0.29, 0.717) is 16.9 Å². The van der Waals surface area contributed by atoms with Crippen molar-refractivity contribution in [3.8, 4) is 5.75 Å². The van der Waals surface area contributed by atoms with Crippen LogP contribution in [-0.4, -0.2) is 18.7 Å². The molecule has 23 heavy (non-hydrogen) atoms. The van der Waals surface area contributed by atoms with Crippen molar-refractivity contribution in [1.29, 1.82) is 0 Å². The van der Waals surface area contributed by atoms with Crippen molar-refractivity contribution in [2.45, 2.75) is 13.3 Å². The smallest absolute Gasteiger partial charge is 0.190 e. The summed E-state index contributed by atoms with van der Waals surface area (Å²) in [4.78, 5) is 25.2. The lowest BCUT2D eigenvalue weighted by Gasteiger charge is -2.20. The molecule has 0 spiro atoms. The van der Waals surface area contributed by atoms with Gasteiger partial charge in [-0.05, 0) is 36.8 Å². The number of hydrogen-bond acceptors (Lipinski definition) is 3. The lowest BCUT2D eigenvalue weighted by atomic mass is 9.82. The van der Waals surface area contributed by atoms with Crippen molar-refractivity contribution in [1.82, 2.24) is 0 Å². The molecule has 1 aliphatic carbocycles. The number of ether oxygens (including phenoxy) is 1. The van der Waals surface area contributed by atoms with E-state index >= 15 is 0 Å². The summed E-state index contributed by atoms with van der Waals surface area (Å²) in [6.07, 6.45) is 0.274. The number of rotatable bonds is 3. The number of halogens is 1. The Morgan fingerprint density at radius 1 is 1.00 bits per heavy atom. The van der Waals surface area contributed by atoms with E-state index in [-0.39, 0.29) is 29.1 Å². The molecule has 4 heteroatoms. The van der Waals surface area contributed by atoms with Crippen LogP contribution >= 0.6 is 0 Å². The van der Waals surface area contributed by atoms with Gasteiger partial charge in [-0.25, -0.2) is 4.39 Å². The maximum absolute atomic E-state index is 13.5. The largest absolute Gasteiger partial charge is 0.496 e. The third kappa shape index (κ3) is 2.57. The quantitative estimate of drug-likeness (QED) is 0.866. The second kappa shape index (κ2) is 5.80. The molecule has 0 amide bonds. The Kier molecular flexibility index (Phi) is 3.82. The molecule has 0 saturated heterocycles. The highest BCUT2D eigenvalue weighted by molar-refractivity contribution is 6.26. The Labute approximate surface area is 133 Å². The molecule has 0 fully saturated rings. The summed E-state index contributed by atoms with van der Waals surface area (Å²) in [7, 11) is 1.55. The van der Waals surface area contributed by atoms with Crippen molar-refractivity contribution < 1.29 is 18.7 Å². The van der Waals surface area contributed by atoms with Crippen LogP contribution in [0.1, 0.15) is 33.2 Å². The average Bonchev–Trinajstić information content (AvgIpc) is 2.57. The highest BCUT2D eigenvalue weighted by Gasteiger charge is 2.30. The molecule has 3 rings (SSSR count). The van der Waals surface area contributed by atoms with Crippen LogP contribution in [0.5, 0.6) is 5.75 Å². The van der Waals surface area contributed by atoms with E-state index in [9.17, 15) is 14.0 Å². The molecule has 3 nitrogen and oxygen atoms in total. The highest BCUT2D eigenvalue weighted by Crippen LogP contribution is 2.30. The standard InChI is InChI=1S/C19H15FO3/c1-11-15(9-12-5-3-4-6-17(12)23-2)19(22)16-10-13(20)7-8-14(16)18(11)21/h3-8,10H,9H2,1-2H3. The van der Waals surface area contributed by atoms with Gasteiger partial charge < -0.3 is 4.74 Å². The molecule has 116 valence electrons. The molecule has 0 saturated carbocycles. The van der Waals surface area contributed by atoms with Gasteiger partial charge in [-0.2, -0.15) is 0 Å². The van der Waals surface area contributed by atoms with Gasteiger partial charge in [-0.15, -0.1) is 0 Å². The Bertz CT molecular complexity index is 849. The number of ketones is 2. The molecule has 0 atom stereocenters. The predicted octanol–water partition coefficient (Wildman–Crippen LogP) is 3.77. The van der Waals surface area contributed by atoms with E-state index in [1.54, 1.807) is 20.1 Å². The first kappa shape index (κ1) is 15.2. The van der Waals surface area contributed by atoms with E-state index in [1.165, 1.54) is 12.1 Å². The van der Waals surface area contributed by atoms with Crippen LogP contribution in [0, 0.1) is 5.82 Å². The van der Waals surface area contributed by atoms with Crippen LogP contribution in [0.3, 0.4) is 0 Å². The van der Waals surface area contributed by atoms with Crippen molar-refractivity contribution in [2.24, 2.45) is 0 Å². The number of methoxy groups -OCH3 is 1. The van der Waals surface area contributed by atoms with E-state index in [1.807, 2.05) is 18.2 Å². The molecular formula is C19H15FO3. The first-order chi connectivity index (χ1) is 11.0. The molecule has 2 aromatic carbocycles. The maximum Gasteiger partial charge on any atom is 0.190 e. The predicted molar refractivity (Wildman–Crippen MR) is 84.5 cm³/mol. The number of hydrogen-bond donors (Lipinski definition) is 0. The normalized spacial score (nSPS) is 14.0. The van der Waals surface area contributed by atoms with E-state index in [4.69, 9.17) is 4.74 Å². The fourth-order valence-corrected chi connectivity index (χ4v) is 2.83. The Morgan fingerprint density at radius 3 is 2.48 bits per heavy atom. The van der Waals surface area contributed by atoms with Gasteiger partial charge in [0.2, 0.25) is 0 Å². The van der Waals surface area contributed by atoms with E-state index < -0.39 is 5.82 Å². The highest BCUT2D eigenvalue weighted by atomic mass is 19.1. The van der Waals surface area contributed by atoms with Gasteiger partial charge in [0.05, 0.1) is 7.11 Å². The molecule has 1 aliphatic rings. The summed E-state index contributed by atoms with van der Waals surface area (Å²) in [5.74, 6) is -0.411. The molecular weight excluding hydrogens is 295 g/mol. The van der Waals surface area contributed by atoms with E-state index in [2.05, 4.69) is 0 Å². The Balaban J connectivity index is 2.07. The van der Waals surface area contributed by atoms with Crippen LogP contribution in [0.4, 0.5) is 4.39 Å². The van der Waals surface area contributed by atoms with Gasteiger partial charge in [0.1, 0.15) is 11.6 Å². The van der Waals surface area contributed by atoms with Crippen LogP contribution in [0.2, 0.25) is 0 Å². The number of Topliss-reactive ketones (excluding diaryl/α,β-unsaturated/α-hetero) is 2. The van der Waals surface area contributed by atoms with Gasteiger partial charge in [0, 0.05) is 28.7 Å². The van der Waals surface area contributed by atoms with Crippen LogP contribution in [0.15, 0.2) is 53.6 Å². The lowest BCUT2D eigenvalue weighted by molar-refractivity contribution is 0.0972. The number of benzene rings is 2. The summed E-state index contributed by atoms with van der Waals surface area (Å²) in [6.45, 7) is 1.64. The molecule has 0 N–H and O–H groups in total. The Hall–Kier alpha value is -2.75. The third-order valence-corrected chi connectivity index (χ3v) is 4.10. The second-order valence-corrected chi connectivity index (χ2v) is 5.44. The summed E-state index contributed by atoms with van der Waals surface area (Å²) in [6, 6.07) is 11.0. The monoisotopic (exact) mass is 310 g/mol. The van der Waals surface area contributed by atoms with Crippen molar-refractivity contribution in [3.05, 3.63) is 76.1 Å². The first-order valence-corrected chi connectivity index (χ1v) is 7.23. The minimum Gasteiger partial charge on any atom is -0.496 e. The van der Waals surface area contributed by atoms with Crippen LogP contribution < -0.4 is 4.74 Å². The summed E-state index contributed by atoms with van der Waals surface area (Å²) in [5, 5.41) is 0. The average molecular weight is 310 g/mol. The molecule has 0 heterocycles. The van der Waals surface area contributed by atoms with Crippen molar-refractivity contribution in [3.63, 3.8) is 0 Å². The molecule has 0 unspecified atom stereocenters. The fourth-order valence-electron chi connectivity index (χ4n) is 2.83. The van der Waals surface area contributed by atoms with Gasteiger partial charge in [0.25, 0.3) is 0 Å². The lowest BCUT2D eigenvalue weighted by Crippen LogP contribution is -2.22. The molecule has 0 radical (unpaired) electrons. The van der Waals surface area contributed by atoms with E-state index in [0.717, 1.165) is 11.6 Å². The van der Waals surface area contributed by atoms with Gasteiger partial charge >= 0.3 is 0 Å². The maximum atomic E-state index is 13.5. The zero-order valence-electron chi connectivity index (χ0n) is 12.9. The number of allylic oxidation sites excluding steroid dienone is 2. The zero-order valence-corrected chi connectivity index (χ0v) is 12.9. The van der Waals surface area contributed by atoms with Crippen molar-refractivity contribution in [2.75, 3.05) is 7.11 Å². The summed E-state index contributed by atoms with van der Waals surface area (Å²) < 4.78 is 18.8. The molecule has 0 aliphatic heterocycles. The number of para-hydroxylation sites is 1. The second-order valence-electron chi connectivity index (χ2n) is 5.44. The SMILES string of the molecule is COc1ccccc1CC1=C(C)C(=O)c2ccc(F)cc2C1=O. The number of carbonyl (C=O) groups excluding carboxylic acids is 2. The van der Waals surface area contributed by atoms with Gasteiger partial charge in [0.15, 0.2) is 11.6 Å². The van der Waals surface area contributed by atoms with Gasteiger partial charge in [-0.3, -0.25) is 9.59 Å².